The third kappa shape index (κ3) is 3.11. The summed E-state index contributed by atoms with van der Waals surface area (Å²) in [5, 5.41) is 5.28. The van der Waals surface area contributed by atoms with Crippen LogP contribution in [0.25, 0.3) is 21.5 Å². The van der Waals surface area contributed by atoms with Crippen molar-refractivity contribution in [3.8, 4) is 0 Å². The van der Waals surface area contributed by atoms with E-state index in [1.807, 2.05) is 0 Å². The van der Waals surface area contributed by atoms with E-state index in [1.165, 1.54) is 38.2 Å². The fourth-order valence-corrected chi connectivity index (χ4v) is 4.69. The minimum absolute atomic E-state index is 0.133. The van der Waals surface area contributed by atoms with Gasteiger partial charge in [-0.2, -0.15) is 0 Å². The van der Waals surface area contributed by atoms with Crippen molar-refractivity contribution in [1.82, 2.24) is 0 Å². The number of rotatable bonds is 4. The van der Waals surface area contributed by atoms with E-state index in [2.05, 4.69) is 122 Å². The molecule has 1 unspecified atom stereocenters. The van der Waals surface area contributed by atoms with Gasteiger partial charge in [-0.15, -0.1) is 0 Å². The van der Waals surface area contributed by atoms with Crippen molar-refractivity contribution in [1.29, 1.82) is 0 Å². The zero-order valence-electron chi connectivity index (χ0n) is 16.7. The van der Waals surface area contributed by atoms with Gasteiger partial charge in [-0.1, -0.05) is 122 Å². The van der Waals surface area contributed by atoms with Crippen LogP contribution in [0, 0.1) is 0 Å². The lowest BCUT2D eigenvalue weighted by Gasteiger charge is -2.33. The minimum atomic E-state index is -0.133. The van der Waals surface area contributed by atoms with E-state index >= 15 is 0 Å². The Kier molecular flexibility index (Phi) is 4.41. The molecule has 0 heterocycles. The molecule has 0 spiro atoms. The zero-order chi connectivity index (χ0) is 19.7. The molecule has 0 saturated heterocycles. The molecule has 29 heavy (non-hydrogen) atoms. The number of fused-ring (bicyclic) bond motifs is 2. The first-order valence-electron chi connectivity index (χ1n) is 10.3. The molecule has 5 rings (SSSR count). The van der Waals surface area contributed by atoms with E-state index in [1.54, 1.807) is 0 Å². The third-order valence-corrected chi connectivity index (χ3v) is 6.22. The molecule has 1 atom stereocenters. The first-order chi connectivity index (χ1) is 14.3. The lowest BCUT2D eigenvalue weighted by Crippen LogP contribution is -2.27. The summed E-state index contributed by atoms with van der Waals surface area (Å²) in [6, 6.07) is 41.8. The van der Waals surface area contributed by atoms with Gasteiger partial charge in [0.05, 0.1) is 0 Å². The van der Waals surface area contributed by atoms with E-state index in [4.69, 9.17) is 0 Å². The van der Waals surface area contributed by atoms with Crippen molar-refractivity contribution >= 4 is 21.5 Å². The van der Waals surface area contributed by atoms with Crippen molar-refractivity contribution in [3.05, 3.63) is 132 Å². The van der Waals surface area contributed by atoms with Crippen LogP contribution in [0.5, 0.6) is 0 Å². The molecule has 5 aromatic carbocycles. The van der Waals surface area contributed by atoms with Gasteiger partial charge in [-0.3, -0.25) is 0 Å². The van der Waals surface area contributed by atoms with E-state index in [0.29, 0.717) is 0 Å². The molecule has 0 nitrogen and oxygen atoms in total. The first-order valence-corrected chi connectivity index (χ1v) is 10.3. The minimum Gasteiger partial charge on any atom is -0.0622 e. The molecule has 0 heteroatoms. The van der Waals surface area contributed by atoms with E-state index < -0.39 is 0 Å². The van der Waals surface area contributed by atoms with Crippen LogP contribution in [0.1, 0.15) is 23.6 Å². The van der Waals surface area contributed by atoms with Gasteiger partial charge in [0.1, 0.15) is 0 Å². The fraction of sp³-hybridized carbons (Fsp3) is 0.103. The second-order valence-corrected chi connectivity index (χ2v) is 8.04. The molecule has 0 fully saturated rings. The summed E-state index contributed by atoms with van der Waals surface area (Å²) < 4.78 is 0. The summed E-state index contributed by atoms with van der Waals surface area (Å²) >= 11 is 0. The Balaban J connectivity index is 1.76. The largest absolute Gasteiger partial charge is 0.0622 e. The second kappa shape index (κ2) is 7.22. The third-order valence-electron chi connectivity index (χ3n) is 6.22. The Morgan fingerprint density at radius 2 is 1.07 bits per heavy atom. The van der Waals surface area contributed by atoms with Crippen LogP contribution < -0.4 is 0 Å². The van der Waals surface area contributed by atoms with Gasteiger partial charge in [0.25, 0.3) is 0 Å². The molecule has 0 aliphatic rings. The Hall–Kier alpha value is -3.38. The van der Waals surface area contributed by atoms with Crippen LogP contribution in [0.2, 0.25) is 0 Å². The molecular weight excluding hydrogens is 348 g/mol. The van der Waals surface area contributed by atoms with Crippen LogP contribution in [-0.2, 0) is 11.8 Å². The molecule has 140 valence electrons. The van der Waals surface area contributed by atoms with Crippen molar-refractivity contribution in [2.75, 3.05) is 0 Å². The molecular formula is C29H24. The number of hydrogen-bond acceptors (Lipinski definition) is 0. The smallest absolute Gasteiger partial charge is 0.0221 e. The molecule has 5 aromatic rings. The lowest BCUT2D eigenvalue weighted by molar-refractivity contribution is 0.574. The highest BCUT2D eigenvalue weighted by molar-refractivity contribution is 5.88. The average Bonchev–Trinajstić information content (AvgIpc) is 2.79. The van der Waals surface area contributed by atoms with E-state index in [-0.39, 0.29) is 5.41 Å². The molecule has 0 N–H and O–H groups in total. The van der Waals surface area contributed by atoms with Gasteiger partial charge in [-0.25, -0.2) is 0 Å². The Bertz CT molecular complexity index is 1270. The maximum Gasteiger partial charge on any atom is 0.0221 e. The van der Waals surface area contributed by atoms with Crippen molar-refractivity contribution in [2.45, 2.75) is 18.8 Å². The fourth-order valence-electron chi connectivity index (χ4n) is 4.69. The number of benzene rings is 5. The van der Waals surface area contributed by atoms with Crippen molar-refractivity contribution in [3.63, 3.8) is 0 Å². The average molecular weight is 373 g/mol. The predicted octanol–water partition coefficient (Wildman–Crippen LogP) is 7.54. The molecule has 0 aliphatic carbocycles. The predicted molar refractivity (Wildman–Crippen MR) is 124 cm³/mol. The summed E-state index contributed by atoms with van der Waals surface area (Å²) in [7, 11) is 0. The van der Waals surface area contributed by atoms with Gasteiger partial charge in [-0.05, 0) is 44.7 Å². The van der Waals surface area contributed by atoms with Gasteiger partial charge in [0.2, 0.25) is 0 Å². The highest BCUT2D eigenvalue weighted by Gasteiger charge is 2.31. The summed E-state index contributed by atoms with van der Waals surface area (Å²) in [6.07, 6.45) is 0.951. The maximum atomic E-state index is 2.39. The first kappa shape index (κ1) is 17.7. The van der Waals surface area contributed by atoms with Crippen molar-refractivity contribution < 1.29 is 0 Å². The Labute approximate surface area is 172 Å². The van der Waals surface area contributed by atoms with Crippen LogP contribution >= 0.6 is 0 Å². The topological polar surface area (TPSA) is 0 Å². The summed E-state index contributed by atoms with van der Waals surface area (Å²) in [5.41, 5.74) is 3.99. The van der Waals surface area contributed by atoms with E-state index in [9.17, 15) is 0 Å². The maximum absolute atomic E-state index is 2.39. The SMILES string of the molecule is CC(Cc1cccc2ccccc12)(c1ccccc1)c1cccc2ccccc12. The molecule has 0 aromatic heterocycles. The Morgan fingerprint density at radius 3 is 1.83 bits per heavy atom. The van der Waals surface area contributed by atoms with Crippen LogP contribution in [-0.4, -0.2) is 0 Å². The molecule has 0 saturated carbocycles. The van der Waals surface area contributed by atoms with Crippen molar-refractivity contribution in [2.24, 2.45) is 0 Å². The molecule has 0 amide bonds. The number of hydrogen-bond donors (Lipinski definition) is 0. The van der Waals surface area contributed by atoms with Gasteiger partial charge in [0, 0.05) is 5.41 Å². The lowest BCUT2D eigenvalue weighted by atomic mass is 9.70. The quantitative estimate of drug-likeness (QED) is 0.306. The summed E-state index contributed by atoms with van der Waals surface area (Å²) in [6.45, 7) is 2.39. The zero-order valence-corrected chi connectivity index (χ0v) is 16.7. The van der Waals surface area contributed by atoms with Crippen LogP contribution in [0.15, 0.2) is 115 Å². The summed E-state index contributed by atoms with van der Waals surface area (Å²) in [4.78, 5) is 0. The van der Waals surface area contributed by atoms with Crippen LogP contribution in [0.3, 0.4) is 0 Å². The van der Waals surface area contributed by atoms with Gasteiger partial charge < -0.3 is 0 Å². The standard InChI is InChI=1S/C29H24/c1-29(25-16-3-2-4-17-25,28-20-10-14-23-12-6-8-19-27(23)28)21-24-15-9-13-22-11-5-7-18-26(22)24/h2-20H,21H2,1H3. The molecule has 0 radical (unpaired) electrons. The normalized spacial score (nSPS) is 13.4. The van der Waals surface area contributed by atoms with Crippen LogP contribution in [0.4, 0.5) is 0 Å². The molecule has 0 bridgehead atoms. The highest BCUT2D eigenvalue weighted by atomic mass is 14.3. The molecule has 0 aliphatic heterocycles. The van der Waals surface area contributed by atoms with Gasteiger partial charge >= 0.3 is 0 Å². The van der Waals surface area contributed by atoms with Gasteiger partial charge in [0.15, 0.2) is 0 Å². The Morgan fingerprint density at radius 1 is 0.517 bits per heavy atom. The monoisotopic (exact) mass is 372 g/mol. The second-order valence-electron chi connectivity index (χ2n) is 8.04. The summed E-state index contributed by atoms with van der Waals surface area (Å²) in [5.74, 6) is 0. The van der Waals surface area contributed by atoms with E-state index in [0.717, 1.165) is 6.42 Å². The highest BCUT2D eigenvalue weighted by Crippen LogP contribution is 2.40.